The fourth-order valence-corrected chi connectivity index (χ4v) is 3.30. The van der Waals surface area contributed by atoms with Gasteiger partial charge in [0, 0.05) is 0 Å². The highest BCUT2D eigenvalue weighted by atomic mass is 16.6. The van der Waals surface area contributed by atoms with E-state index in [9.17, 15) is 9.59 Å². The highest BCUT2D eigenvalue weighted by molar-refractivity contribution is 5.95. The largest absolute Gasteiger partial charge is 0.465 e. The van der Waals surface area contributed by atoms with Crippen LogP contribution in [0.4, 0.5) is 0 Å². The lowest BCUT2D eigenvalue weighted by Gasteiger charge is -2.27. The van der Waals surface area contributed by atoms with Gasteiger partial charge in [-0.1, -0.05) is 83.7 Å². The Hall–Kier alpha value is -1.84. The lowest BCUT2D eigenvalue weighted by molar-refractivity contribution is -0.166. The summed E-state index contributed by atoms with van der Waals surface area (Å²) in [5.74, 6) is -1.75. The number of benzene rings is 1. The molecule has 0 N–H and O–H groups in total. The quantitative estimate of drug-likeness (QED) is 0.236. The Morgan fingerprint density at radius 1 is 0.821 bits per heavy atom. The van der Waals surface area contributed by atoms with E-state index in [0.29, 0.717) is 19.6 Å². The smallest absolute Gasteiger partial charge is 0.320 e. The van der Waals surface area contributed by atoms with Crippen LogP contribution in [0.25, 0.3) is 0 Å². The molecule has 0 spiro atoms. The fourth-order valence-electron chi connectivity index (χ4n) is 3.30. The average Bonchev–Trinajstić information content (AvgIpc) is 2.69. The zero-order valence-corrected chi connectivity index (χ0v) is 18.1. The minimum atomic E-state index is -0.872. The number of carbonyl (C=O) groups excluding carboxylic acids is 2. The summed E-state index contributed by atoms with van der Waals surface area (Å²) in [5.41, 5.74) is 1.11. The standard InChI is InChI=1S/C24H38O4/c1-5-7-12-16-27-23(25)22(24(26)28-17-13-8-6-2)21(19(3)4)18-20-14-10-9-11-15-20/h9-11,14-15,19,21-22H,5-8,12-13,16-18H2,1-4H3. The molecule has 1 atom stereocenters. The van der Waals surface area contributed by atoms with E-state index in [1.54, 1.807) is 0 Å². The SMILES string of the molecule is CCCCCOC(=O)C(C(=O)OCCCCC)C(Cc1ccccc1)C(C)C. The number of unbranched alkanes of at least 4 members (excludes halogenated alkanes) is 4. The minimum Gasteiger partial charge on any atom is -0.465 e. The van der Waals surface area contributed by atoms with Crippen LogP contribution >= 0.6 is 0 Å². The number of rotatable bonds is 14. The Morgan fingerprint density at radius 3 is 1.75 bits per heavy atom. The van der Waals surface area contributed by atoms with Gasteiger partial charge in [0.05, 0.1) is 13.2 Å². The minimum absolute atomic E-state index is 0.150. The number of esters is 2. The second-order valence-corrected chi connectivity index (χ2v) is 7.82. The first-order valence-electron chi connectivity index (χ1n) is 10.9. The summed E-state index contributed by atoms with van der Waals surface area (Å²) in [7, 11) is 0. The van der Waals surface area contributed by atoms with Crippen LogP contribution in [0.3, 0.4) is 0 Å². The number of ether oxygens (including phenoxy) is 2. The summed E-state index contributed by atoms with van der Waals surface area (Å²) >= 11 is 0. The predicted molar refractivity (Wildman–Crippen MR) is 113 cm³/mol. The van der Waals surface area contributed by atoms with E-state index >= 15 is 0 Å². The molecule has 0 fully saturated rings. The van der Waals surface area contributed by atoms with Crippen LogP contribution in [0.1, 0.15) is 71.8 Å². The Balaban J connectivity index is 2.90. The van der Waals surface area contributed by atoms with Crippen molar-refractivity contribution in [3.8, 4) is 0 Å². The van der Waals surface area contributed by atoms with Gasteiger partial charge in [0.25, 0.3) is 0 Å². The molecule has 0 bridgehead atoms. The second kappa shape index (κ2) is 14.2. The molecule has 1 aromatic rings. The van der Waals surface area contributed by atoms with E-state index in [-0.39, 0.29) is 11.8 Å². The summed E-state index contributed by atoms with van der Waals surface area (Å²) in [5, 5.41) is 0. The molecule has 0 aromatic heterocycles. The number of hydrogen-bond donors (Lipinski definition) is 0. The van der Waals surface area contributed by atoms with Crippen molar-refractivity contribution in [3.63, 3.8) is 0 Å². The third-order valence-electron chi connectivity index (χ3n) is 5.09. The van der Waals surface area contributed by atoms with Crippen molar-refractivity contribution >= 4 is 11.9 Å². The summed E-state index contributed by atoms with van der Waals surface area (Å²) in [6, 6.07) is 9.99. The summed E-state index contributed by atoms with van der Waals surface area (Å²) in [4.78, 5) is 25.7. The monoisotopic (exact) mass is 390 g/mol. The molecule has 0 saturated carbocycles. The zero-order chi connectivity index (χ0) is 20.8. The van der Waals surface area contributed by atoms with Gasteiger partial charge in [-0.3, -0.25) is 9.59 Å². The van der Waals surface area contributed by atoms with Gasteiger partial charge in [0.2, 0.25) is 0 Å². The van der Waals surface area contributed by atoms with Crippen LogP contribution in [0.15, 0.2) is 30.3 Å². The maximum atomic E-state index is 12.8. The summed E-state index contributed by atoms with van der Waals surface area (Å²) in [6.07, 6.45) is 6.44. The molecule has 158 valence electrons. The van der Waals surface area contributed by atoms with E-state index in [1.165, 1.54) is 0 Å². The van der Waals surface area contributed by atoms with Crippen LogP contribution < -0.4 is 0 Å². The van der Waals surface area contributed by atoms with Gasteiger partial charge in [0.1, 0.15) is 0 Å². The first-order chi connectivity index (χ1) is 13.5. The van der Waals surface area contributed by atoms with E-state index < -0.39 is 17.9 Å². The maximum absolute atomic E-state index is 12.8. The van der Waals surface area contributed by atoms with Crippen molar-refractivity contribution in [3.05, 3.63) is 35.9 Å². The molecule has 0 amide bonds. The molecule has 1 unspecified atom stereocenters. The Bertz CT molecular complexity index is 529. The predicted octanol–water partition coefficient (Wildman–Crippen LogP) is 5.58. The van der Waals surface area contributed by atoms with Crippen molar-refractivity contribution in [2.24, 2.45) is 17.8 Å². The van der Waals surface area contributed by atoms with Gasteiger partial charge in [0.15, 0.2) is 5.92 Å². The van der Waals surface area contributed by atoms with E-state index in [1.807, 2.05) is 30.3 Å². The maximum Gasteiger partial charge on any atom is 0.320 e. The molecule has 0 aliphatic rings. The average molecular weight is 391 g/mol. The summed E-state index contributed by atoms with van der Waals surface area (Å²) < 4.78 is 11.0. The van der Waals surface area contributed by atoms with E-state index in [0.717, 1.165) is 44.1 Å². The molecular weight excluding hydrogens is 352 g/mol. The third-order valence-corrected chi connectivity index (χ3v) is 5.09. The molecule has 1 aromatic carbocycles. The molecule has 0 heterocycles. The molecule has 4 heteroatoms. The zero-order valence-electron chi connectivity index (χ0n) is 18.1. The molecule has 28 heavy (non-hydrogen) atoms. The molecule has 1 rings (SSSR count). The van der Waals surface area contributed by atoms with Gasteiger partial charge in [-0.25, -0.2) is 0 Å². The van der Waals surface area contributed by atoms with Crippen molar-refractivity contribution in [2.45, 2.75) is 72.6 Å². The fraction of sp³-hybridized carbons (Fsp3) is 0.667. The van der Waals surface area contributed by atoms with Crippen LogP contribution in [0.5, 0.6) is 0 Å². The molecule has 0 aliphatic heterocycles. The first-order valence-corrected chi connectivity index (χ1v) is 10.9. The second-order valence-electron chi connectivity index (χ2n) is 7.82. The topological polar surface area (TPSA) is 52.6 Å². The van der Waals surface area contributed by atoms with Gasteiger partial charge >= 0.3 is 11.9 Å². The highest BCUT2D eigenvalue weighted by Crippen LogP contribution is 2.28. The van der Waals surface area contributed by atoms with Crippen LogP contribution in [0.2, 0.25) is 0 Å². The van der Waals surface area contributed by atoms with Crippen LogP contribution in [-0.2, 0) is 25.5 Å². The molecule has 0 saturated heterocycles. The van der Waals surface area contributed by atoms with Crippen LogP contribution in [-0.4, -0.2) is 25.2 Å². The third kappa shape index (κ3) is 8.90. The number of carbonyl (C=O) groups is 2. The molecular formula is C24H38O4. The highest BCUT2D eigenvalue weighted by Gasteiger charge is 2.39. The van der Waals surface area contributed by atoms with Crippen molar-refractivity contribution < 1.29 is 19.1 Å². The number of hydrogen-bond acceptors (Lipinski definition) is 4. The van der Waals surface area contributed by atoms with E-state index in [2.05, 4.69) is 27.7 Å². The van der Waals surface area contributed by atoms with Crippen LogP contribution in [0, 0.1) is 17.8 Å². The lowest BCUT2D eigenvalue weighted by atomic mass is 9.79. The molecule has 0 radical (unpaired) electrons. The van der Waals surface area contributed by atoms with Gasteiger partial charge in [-0.2, -0.15) is 0 Å². The molecule has 4 nitrogen and oxygen atoms in total. The van der Waals surface area contributed by atoms with Gasteiger partial charge < -0.3 is 9.47 Å². The van der Waals surface area contributed by atoms with E-state index in [4.69, 9.17) is 9.47 Å². The van der Waals surface area contributed by atoms with Crippen molar-refractivity contribution in [2.75, 3.05) is 13.2 Å². The summed E-state index contributed by atoms with van der Waals surface area (Å²) in [6.45, 7) is 9.04. The first kappa shape index (κ1) is 24.2. The lowest BCUT2D eigenvalue weighted by Crippen LogP contribution is -2.38. The normalized spacial score (nSPS) is 12.2. The van der Waals surface area contributed by atoms with Crippen molar-refractivity contribution in [1.82, 2.24) is 0 Å². The Morgan fingerprint density at radius 2 is 1.32 bits per heavy atom. The van der Waals surface area contributed by atoms with Gasteiger partial charge in [-0.05, 0) is 36.7 Å². The van der Waals surface area contributed by atoms with Crippen molar-refractivity contribution in [1.29, 1.82) is 0 Å². The molecule has 0 aliphatic carbocycles. The Kier molecular flexibility index (Phi) is 12.3. The Labute approximate surface area is 171 Å². The van der Waals surface area contributed by atoms with Gasteiger partial charge in [-0.15, -0.1) is 0 Å².